The fourth-order valence-corrected chi connectivity index (χ4v) is 6.89. The standard InChI is InChI=1S/C17H16BrN3O4Se.ClH/c18-13-10-2-1-9-7-11(16(22)20-24)17(23)25-14(9)15(10)26-12(13)8-21-5-3-19-4-6-21;/h1-2,7,19,24H,3-6,8H2,(H,20,22);1H. The predicted molar refractivity (Wildman–Crippen MR) is 109 cm³/mol. The number of hydroxylamine groups is 1. The normalized spacial score (nSPS) is 15.0. The number of carbonyl (C=O) groups excluding carboxylic acids is 1. The van der Waals surface area contributed by atoms with Crippen LogP contribution >= 0.6 is 28.3 Å². The summed E-state index contributed by atoms with van der Waals surface area (Å²) in [4.78, 5) is 26.2. The van der Waals surface area contributed by atoms with E-state index in [9.17, 15) is 9.59 Å². The third-order valence-corrected chi connectivity index (χ3v) is 8.48. The first-order valence-electron chi connectivity index (χ1n) is 8.13. The van der Waals surface area contributed by atoms with Crippen LogP contribution in [0.2, 0.25) is 0 Å². The van der Waals surface area contributed by atoms with E-state index in [1.54, 1.807) is 0 Å². The molecule has 0 saturated carbocycles. The Hall–Kier alpha value is -1.19. The summed E-state index contributed by atoms with van der Waals surface area (Å²) in [6, 6.07) is 5.27. The number of hydrogen-bond donors (Lipinski definition) is 3. The maximum atomic E-state index is 12.1. The fraction of sp³-hybridized carbons (Fsp3) is 0.294. The van der Waals surface area contributed by atoms with Gasteiger partial charge in [-0.05, 0) is 0 Å². The van der Waals surface area contributed by atoms with Crippen LogP contribution in [0.15, 0.2) is 31.9 Å². The van der Waals surface area contributed by atoms with Gasteiger partial charge >= 0.3 is 163 Å². The van der Waals surface area contributed by atoms with Crippen LogP contribution in [0, 0.1) is 0 Å². The van der Waals surface area contributed by atoms with Crippen molar-refractivity contribution in [2.45, 2.75) is 6.54 Å². The van der Waals surface area contributed by atoms with Crippen molar-refractivity contribution >= 4 is 69.4 Å². The Kier molecular flexibility index (Phi) is 6.42. The van der Waals surface area contributed by atoms with Gasteiger partial charge in [0, 0.05) is 0 Å². The van der Waals surface area contributed by atoms with Crippen LogP contribution < -0.4 is 16.4 Å². The van der Waals surface area contributed by atoms with Gasteiger partial charge in [-0.15, -0.1) is 12.4 Å². The topological polar surface area (TPSA) is 94.8 Å². The van der Waals surface area contributed by atoms with Gasteiger partial charge in [0.05, 0.1) is 0 Å². The van der Waals surface area contributed by atoms with E-state index in [1.165, 1.54) is 16.0 Å². The first-order chi connectivity index (χ1) is 12.6. The molecule has 0 atom stereocenters. The van der Waals surface area contributed by atoms with Crippen LogP contribution in [0.1, 0.15) is 14.8 Å². The molecule has 7 nitrogen and oxygen atoms in total. The van der Waals surface area contributed by atoms with Crippen LogP contribution in [0.25, 0.3) is 20.6 Å². The molecule has 10 heteroatoms. The maximum absolute atomic E-state index is 12.1. The van der Waals surface area contributed by atoms with Crippen LogP contribution in [0.3, 0.4) is 0 Å². The molecular weight excluding hydrogens is 505 g/mol. The van der Waals surface area contributed by atoms with Crippen molar-refractivity contribution in [3.63, 3.8) is 0 Å². The molecule has 27 heavy (non-hydrogen) atoms. The molecule has 1 saturated heterocycles. The van der Waals surface area contributed by atoms with E-state index >= 15 is 0 Å². The molecule has 1 aromatic carbocycles. The summed E-state index contributed by atoms with van der Waals surface area (Å²) in [6.45, 7) is 4.93. The molecule has 3 N–H and O–H groups in total. The number of halogens is 2. The summed E-state index contributed by atoms with van der Waals surface area (Å²) >= 11 is 3.76. The number of nitrogens with one attached hydrogen (secondary N) is 2. The van der Waals surface area contributed by atoms with Gasteiger partial charge in [-0.2, -0.15) is 0 Å². The minimum absolute atomic E-state index is 0. The monoisotopic (exact) mass is 521 g/mol. The Morgan fingerprint density at radius 2 is 2.11 bits per heavy atom. The first kappa shape index (κ1) is 20.5. The van der Waals surface area contributed by atoms with Crippen LogP contribution in [-0.2, 0) is 6.54 Å². The molecule has 2 aromatic heterocycles. The Morgan fingerprint density at radius 3 is 2.81 bits per heavy atom. The second kappa shape index (κ2) is 8.44. The molecule has 0 aliphatic carbocycles. The van der Waals surface area contributed by atoms with Gasteiger partial charge in [0.15, 0.2) is 0 Å². The Balaban J connectivity index is 0.00000210. The summed E-state index contributed by atoms with van der Waals surface area (Å²) in [5.74, 6) is -0.870. The number of carbonyl (C=O) groups is 1. The summed E-state index contributed by atoms with van der Waals surface area (Å²) in [5, 5.41) is 13.8. The van der Waals surface area contributed by atoms with E-state index in [2.05, 4.69) is 26.1 Å². The number of rotatable bonds is 3. The molecule has 1 fully saturated rings. The molecule has 0 radical (unpaired) electrons. The van der Waals surface area contributed by atoms with Crippen LogP contribution in [-0.4, -0.2) is 56.7 Å². The number of fused-ring (bicyclic) bond motifs is 3. The minimum atomic E-state index is -0.870. The Bertz CT molecular complexity index is 1060. The van der Waals surface area contributed by atoms with E-state index in [0.29, 0.717) is 11.0 Å². The number of benzene rings is 1. The fourth-order valence-electron chi connectivity index (χ4n) is 3.14. The van der Waals surface area contributed by atoms with Crippen molar-refractivity contribution in [1.82, 2.24) is 15.7 Å². The molecule has 3 heterocycles. The number of nitrogens with zero attached hydrogens (tertiary/aromatic N) is 1. The van der Waals surface area contributed by atoms with Gasteiger partial charge in [-0.3, -0.25) is 0 Å². The van der Waals surface area contributed by atoms with Crippen molar-refractivity contribution in [3.05, 3.63) is 43.1 Å². The first-order valence-corrected chi connectivity index (χ1v) is 10.6. The number of amides is 1. The van der Waals surface area contributed by atoms with Gasteiger partial charge in [0.2, 0.25) is 0 Å². The zero-order valence-electron chi connectivity index (χ0n) is 14.1. The van der Waals surface area contributed by atoms with Crippen molar-refractivity contribution in [2.24, 2.45) is 0 Å². The van der Waals surface area contributed by atoms with E-state index < -0.39 is 11.5 Å². The van der Waals surface area contributed by atoms with E-state index in [1.807, 2.05) is 12.1 Å². The average Bonchev–Trinajstić information content (AvgIpc) is 2.98. The molecule has 0 unspecified atom stereocenters. The summed E-state index contributed by atoms with van der Waals surface area (Å²) in [7, 11) is 0. The molecule has 0 bridgehead atoms. The molecule has 1 amide bonds. The summed E-state index contributed by atoms with van der Waals surface area (Å²) in [6.07, 6.45) is 0. The average molecular weight is 522 g/mol. The molecule has 144 valence electrons. The Morgan fingerprint density at radius 1 is 1.37 bits per heavy atom. The van der Waals surface area contributed by atoms with Crippen LogP contribution in [0.4, 0.5) is 0 Å². The SMILES string of the molecule is Cl.O=C(NO)c1cc2ccc3c(Br)c(CN4CCNCC4)[se]c3c2oc1=O. The van der Waals surface area contributed by atoms with Crippen molar-refractivity contribution in [1.29, 1.82) is 0 Å². The predicted octanol–water partition coefficient (Wildman–Crippen LogP) is 1.71. The Labute approximate surface area is 174 Å². The molecular formula is C17H17BrClN3O4Se. The molecule has 3 aromatic rings. The van der Waals surface area contributed by atoms with Crippen molar-refractivity contribution < 1.29 is 14.4 Å². The van der Waals surface area contributed by atoms with E-state index in [0.717, 1.165) is 46.8 Å². The summed E-state index contributed by atoms with van der Waals surface area (Å²) < 4.78 is 8.87. The van der Waals surface area contributed by atoms with Gasteiger partial charge < -0.3 is 0 Å². The number of piperazine rings is 1. The van der Waals surface area contributed by atoms with Crippen LogP contribution in [0.5, 0.6) is 0 Å². The third-order valence-electron chi connectivity index (χ3n) is 4.49. The second-order valence-electron chi connectivity index (χ2n) is 6.11. The number of hydrogen-bond acceptors (Lipinski definition) is 6. The molecule has 1 aliphatic heterocycles. The van der Waals surface area contributed by atoms with E-state index in [4.69, 9.17) is 9.62 Å². The second-order valence-corrected chi connectivity index (χ2v) is 9.23. The van der Waals surface area contributed by atoms with Gasteiger partial charge in [0.1, 0.15) is 0 Å². The van der Waals surface area contributed by atoms with Gasteiger partial charge in [0.25, 0.3) is 0 Å². The van der Waals surface area contributed by atoms with Gasteiger partial charge in [-0.1, -0.05) is 0 Å². The zero-order chi connectivity index (χ0) is 18.3. The van der Waals surface area contributed by atoms with Gasteiger partial charge in [-0.25, -0.2) is 0 Å². The van der Waals surface area contributed by atoms with Crippen molar-refractivity contribution in [3.8, 4) is 0 Å². The van der Waals surface area contributed by atoms with E-state index in [-0.39, 0.29) is 32.5 Å². The summed E-state index contributed by atoms with van der Waals surface area (Å²) in [5.41, 5.74) is 1.04. The molecule has 4 rings (SSSR count). The molecule has 0 spiro atoms. The zero-order valence-corrected chi connectivity index (χ0v) is 18.2. The molecule has 1 aliphatic rings. The quantitative estimate of drug-likeness (QED) is 0.210. The van der Waals surface area contributed by atoms with Crippen molar-refractivity contribution in [2.75, 3.05) is 26.2 Å². The third kappa shape index (κ3) is 3.86.